The number of rotatable bonds is 0. The molecule has 0 unspecified atom stereocenters. The maximum atomic E-state index is 5.40. The molecule has 1 aliphatic rings. The molecule has 1 aromatic rings. The van der Waals surface area contributed by atoms with Crippen LogP contribution >= 0.6 is 0 Å². The number of fused-ring (bicyclic) bond motifs is 1. The normalized spacial score (nSPS) is 15.2. The molecule has 4 nitrogen and oxygen atoms in total. The van der Waals surface area contributed by atoms with Gasteiger partial charge in [-0.2, -0.15) is 0 Å². The molecule has 0 bridgehead atoms. The zero-order valence-corrected chi connectivity index (χ0v) is 5.37. The van der Waals surface area contributed by atoms with Gasteiger partial charge in [-0.15, -0.1) is 0 Å². The van der Waals surface area contributed by atoms with Gasteiger partial charge < -0.3 is 10.5 Å². The van der Waals surface area contributed by atoms with Crippen LogP contribution in [0.5, 0.6) is 0 Å². The van der Waals surface area contributed by atoms with Gasteiger partial charge in [-0.05, 0) is 0 Å². The molecular formula is C6H7N3O. The number of aromatic nitrogens is 2. The molecule has 2 rings (SSSR count). The van der Waals surface area contributed by atoms with Crippen LogP contribution in [0.3, 0.4) is 0 Å². The fourth-order valence-corrected chi connectivity index (χ4v) is 0.948. The SMILES string of the molecule is Nc1cnc2c(n1)COC2. The third-order valence-electron chi connectivity index (χ3n) is 1.43. The highest BCUT2D eigenvalue weighted by atomic mass is 16.5. The second-order valence-electron chi connectivity index (χ2n) is 2.18. The fraction of sp³-hybridized carbons (Fsp3) is 0.333. The van der Waals surface area contributed by atoms with Gasteiger partial charge >= 0.3 is 0 Å². The minimum absolute atomic E-state index is 0.462. The van der Waals surface area contributed by atoms with E-state index in [9.17, 15) is 0 Å². The summed E-state index contributed by atoms with van der Waals surface area (Å²) < 4.78 is 5.09. The maximum absolute atomic E-state index is 5.40. The molecule has 0 atom stereocenters. The lowest BCUT2D eigenvalue weighted by atomic mass is 10.3. The summed E-state index contributed by atoms with van der Waals surface area (Å²) in [5, 5.41) is 0. The molecule has 10 heavy (non-hydrogen) atoms. The summed E-state index contributed by atoms with van der Waals surface area (Å²) in [7, 11) is 0. The molecule has 0 spiro atoms. The van der Waals surface area contributed by atoms with Crippen molar-refractivity contribution in [2.45, 2.75) is 13.2 Å². The van der Waals surface area contributed by atoms with Gasteiger partial charge in [0.25, 0.3) is 0 Å². The minimum Gasteiger partial charge on any atom is -0.382 e. The molecule has 4 heteroatoms. The number of hydrogen-bond donors (Lipinski definition) is 1. The van der Waals surface area contributed by atoms with Gasteiger partial charge in [-0.1, -0.05) is 0 Å². The Morgan fingerprint density at radius 2 is 2.20 bits per heavy atom. The van der Waals surface area contributed by atoms with E-state index in [1.807, 2.05) is 0 Å². The van der Waals surface area contributed by atoms with E-state index in [4.69, 9.17) is 10.5 Å². The molecule has 1 aliphatic heterocycles. The topological polar surface area (TPSA) is 61.0 Å². The molecule has 0 radical (unpaired) electrons. The highest BCUT2D eigenvalue weighted by molar-refractivity contribution is 5.28. The molecular weight excluding hydrogens is 130 g/mol. The Kier molecular flexibility index (Phi) is 1.07. The fourth-order valence-electron chi connectivity index (χ4n) is 0.948. The first-order valence-electron chi connectivity index (χ1n) is 3.04. The standard InChI is InChI=1S/C6H7N3O/c7-6-1-8-4-2-10-3-5(4)9-6/h1H,2-3H2,(H2,7,9). The number of hydrogen-bond acceptors (Lipinski definition) is 4. The van der Waals surface area contributed by atoms with E-state index < -0.39 is 0 Å². The van der Waals surface area contributed by atoms with Crippen molar-refractivity contribution in [1.82, 2.24) is 9.97 Å². The van der Waals surface area contributed by atoms with Crippen LogP contribution in [-0.4, -0.2) is 9.97 Å². The van der Waals surface area contributed by atoms with E-state index in [1.54, 1.807) is 6.20 Å². The molecule has 0 fully saturated rings. The van der Waals surface area contributed by atoms with Crippen molar-refractivity contribution in [2.24, 2.45) is 0 Å². The van der Waals surface area contributed by atoms with Crippen LogP contribution in [0, 0.1) is 0 Å². The molecule has 0 saturated carbocycles. The van der Waals surface area contributed by atoms with Crippen molar-refractivity contribution in [1.29, 1.82) is 0 Å². The van der Waals surface area contributed by atoms with Crippen molar-refractivity contribution in [3.05, 3.63) is 17.6 Å². The molecule has 2 heterocycles. The summed E-state index contributed by atoms with van der Waals surface area (Å²) in [5.41, 5.74) is 7.19. The second kappa shape index (κ2) is 1.91. The summed E-state index contributed by atoms with van der Waals surface area (Å²) in [6, 6.07) is 0. The van der Waals surface area contributed by atoms with Gasteiger partial charge in [0.15, 0.2) is 0 Å². The van der Waals surface area contributed by atoms with Gasteiger partial charge in [0.05, 0.1) is 30.8 Å². The molecule has 1 aromatic heterocycles. The van der Waals surface area contributed by atoms with Crippen LogP contribution in [0.2, 0.25) is 0 Å². The summed E-state index contributed by atoms with van der Waals surface area (Å²) in [6.45, 7) is 1.12. The number of nitrogens with two attached hydrogens (primary N) is 1. The Balaban J connectivity index is 2.52. The highest BCUT2D eigenvalue weighted by Gasteiger charge is 2.13. The van der Waals surface area contributed by atoms with E-state index in [0.717, 1.165) is 11.4 Å². The Morgan fingerprint density at radius 1 is 1.40 bits per heavy atom. The van der Waals surface area contributed by atoms with Crippen molar-refractivity contribution in [3.63, 3.8) is 0 Å². The van der Waals surface area contributed by atoms with E-state index in [1.165, 1.54) is 0 Å². The van der Waals surface area contributed by atoms with E-state index in [-0.39, 0.29) is 0 Å². The summed E-state index contributed by atoms with van der Waals surface area (Å²) in [6.07, 6.45) is 1.55. The van der Waals surface area contributed by atoms with Crippen molar-refractivity contribution < 1.29 is 4.74 Å². The van der Waals surface area contributed by atoms with Crippen LogP contribution in [0.15, 0.2) is 6.20 Å². The average Bonchev–Trinajstić information content (AvgIpc) is 2.33. The largest absolute Gasteiger partial charge is 0.382 e. The monoisotopic (exact) mass is 137 g/mol. The zero-order valence-electron chi connectivity index (χ0n) is 5.37. The van der Waals surface area contributed by atoms with Crippen LogP contribution < -0.4 is 5.73 Å². The third kappa shape index (κ3) is 0.733. The van der Waals surface area contributed by atoms with Gasteiger partial charge in [-0.25, -0.2) is 4.98 Å². The summed E-state index contributed by atoms with van der Waals surface area (Å²) >= 11 is 0. The summed E-state index contributed by atoms with van der Waals surface area (Å²) in [4.78, 5) is 8.09. The number of anilines is 1. The number of nitrogen functional groups attached to an aromatic ring is 1. The quantitative estimate of drug-likeness (QED) is 0.550. The van der Waals surface area contributed by atoms with Crippen LogP contribution in [-0.2, 0) is 18.0 Å². The Hall–Kier alpha value is -1.16. The smallest absolute Gasteiger partial charge is 0.142 e. The summed E-state index contributed by atoms with van der Waals surface area (Å²) in [5.74, 6) is 0.462. The molecule has 52 valence electrons. The predicted octanol–water partition coefficient (Wildman–Crippen LogP) is 0.0890. The lowest BCUT2D eigenvalue weighted by Gasteiger charge is -1.94. The first-order valence-corrected chi connectivity index (χ1v) is 3.04. The van der Waals surface area contributed by atoms with Crippen molar-refractivity contribution in [2.75, 3.05) is 5.73 Å². The van der Waals surface area contributed by atoms with Gasteiger partial charge in [0, 0.05) is 0 Å². The van der Waals surface area contributed by atoms with Crippen molar-refractivity contribution >= 4 is 5.82 Å². The van der Waals surface area contributed by atoms with E-state index >= 15 is 0 Å². The van der Waals surface area contributed by atoms with E-state index in [2.05, 4.69) is 9.97 Å². The highest BCUT2D eigenvalue weighted by Crippen LogP contribution is 2.14. The van der Waals surface area contributed by atoms with Crippen molar-refractivity contribution in [3.8, 4) is 0 Å². The van der Waals surface area contributed by atoms with Crippen LogP contribution in [0.25, 0.3) is 0 Å². The number of ether oxygens (including phenoxy) is 1. The minimum atomic E-state index is 0.462. The molecule has 0 aliphatic carbocycles. The lowest BCUT2D eigenvalue weighted by molar-refractivity contribution is 0.132. The van der Waals surface area contributed by atoms with Crippen LogP contribution in [0.4, 0.5) is 5.82 Å². The predicted molar refractivity (Wildman–Crippen MR) is 34.9 cm³/mol. The van der Waals surface area contributed by atoms with Crippen LogP contribution in [0.1, 0.15) is 11.4 Å². The average molecular weight is 137 g/mol. The maximum Gasteiger partial charge on any atom is 0.142 e. The Bertz CT molecular complexity index is 261. The number of nitrogens with zero attached hydrogens (tertiary/aromatic N) is 2. The molecule has 2 N–H and O–H groups in total. The van der Waals surface area contributed by atoms with Gasteiger partial charge in [-0.3, -0.25) is 4.98 Å². The molecule has 0 saturated heterocycles. The first kappa shape index (κ1) is 5.61. The zero-order chi connectivity index (χ0) is 6.97. The van der Waals surface area contributed by atoms with Gasteiger partial charge in [0.2, 0.25) is 0 Å². The molecule has 0 aromatic carbocycles. The van der Waals surface area contributed by atoms with E-state index in [0.29, 0.717) is 19.0 Å². The second-order valence-corrected chi connectivity index (χ2v) is 2.18. The lowest BCUT2D eigenvalue weighted by Crippen LogP contribution is -1.97. The van der Waals surface area contributed by atoms with Gasteiger partial charge in [0.1, 0.15) is 5.82 Å². The first-order chi connectivity index (χ1) is 4.86. The Labute approximate surface area is 58.0 Å². The molecule has 0 amide bonds. The Morgan fingerprint density at radius 3 is 3.10 bits per heavy atom. The third-order valence-corrected chi connectivity index (χ3v) is 1.43.